The number of halogens is 1. The molecule has 1 aromatic heterocycles. The Kier molecular flexibility index (Phi) is 3.66. The van der Waals surface area contributed by atoms with Gasteiger partial charge in [0.15, 0.2) is 5.69 Å². The summed E-state index contributed by atoms with van der Waals surface area (Å²) in [7, 11) is 0. The van der Waals surface area contributed by atoms with Crippen LogP contribution in [0.15, 0.2) is 27.2 Å². The molecular weight excluding hydrogens is 316 g/mol. The molecule has 98 valence electrons. The molecule has 2 rings (SSSR count). The summed E-state index contributed by atoms with van der Waals surface area (Å²) in [6.45, 7) is 1.50. The molecule has 1 heterocycles. The van der Waals surface area contributed by atoms with Crippen LogP contribution in [-0.2, 0) is 0 Å². The highest BCUT2D eigenvalue weighted by Crippen LogP contribution is 2.27. The van der Waals surface area contributed by atoms with E-state index in [1.807, 2.05) is 0 Å². The molecule has 6 nitrogen and oxygen atoms in total. The van der Waals surface area contributed by atoms with Gasteiger partial charge in [0.2, 0.25) is 5.76 Å². The number of aromatic hydroxyl groups is 1. The third-order valence-corrected chi connectivity index (χ3v) is 2.94. The van der Waals surface area contributed by atoms with Gasteiger partial charge < -0.3 is 9.63 Å². The molecule has 7 heteroatoms. The molecule has 1 N–H and O–H groups in total. The van der Waals surface area contributed by atoms with Gasteiger partial charge in [-0.25, -0.2) is 0 Å². The van der Waals surface area contributed by atoms with Crippen molar-refractivity contribution in [3.63, 3.8) is 0 Å². The van der Waals surface area contributed by atoms with Gasteiger partial charge in [-0.2, -0.15) is 0 Å². The number of aryl methyl sites for hydroxylation is 1. The van der Waals surface area contributed by atoms with Crippen molar-refractivity contribution in [1.29, 1.82) is 0 Å². The number of rotatable bonds is 3. The Labute approximate surface area is 116 Å². The summed E-state index contributed by atoms with van der Waals surface area (Å²) in [4.78, 5) is 10.3. The highest BCUT2D eigenvalue weighted by molar-refractivity contribution is 9.10. The van der Waals surface area contributed by atoms with Gasteiger partial charge in [0.25, 0.3) is 0 Å². The van der Waals surface area contributed by atoms with E-state index in [0.29, 0.717) is 5.56 Å². The van der Waals surface area contributed by atoms with Crippen molar-refractivity contribution in [2.24, 2.45) is 0 Å². The minimum absolute atomic E-state index is 0.0434. The summed E-state index contributed by atoms with van der Waals surface area (Å²) in [5, 5.41) is 24.0. The quantitative estimate of drug-likeness (QED) is 0.689. The van der Waals surface area contributed by atoms with Gasteiger partial charge in [0.05, 0.1) is 4.92 Å². The number of phenols is 1. The fraction of sp³-hybridized carbons (Fsp3) is 0.0833. The van der Waals surface area contributed by atoms with Crippen LogP contribution in [0.1, 0.15) is 17.0 Å². The van der Waals surface area contributed by atoms with E-state index in [2.05, 4.69) is 21.1 Å². The second kappa shape index (κ2) is 5.23. The number of phenolic OH excluding ortho intramolecular Hbond substituents is 1. The Bertz CT molecular complexity index is 664. The summed E-state index contributed by atoms with van der Waals surface area (Å²) in [6.07, 6.45) is 2.92. The number of hydrogen-bond donors (Lipinski definition) is 1. The van der Waals surface area contributed by atoms with Crippen LogP contribution >= 0.6 is 15.9 Å². The first-order chi connectivity index (χ1) is 8.99. The van der Waals surface area contributed by atoms with Crippen LogP contribution in [0.4, 0.5) is 5.69 Å². The van der Waals surface area contributed by atoms with Crippen molar-refractivity contribution >= 4 is 33.8 Å². The Balaban J connectivity index is 2.38. The van der Waals surface area contributed by atoms with E-state index < -0.39 is 4.92 Å². The maximum absolute atomic E-state index is 10.9. The molecule has 0 spiro atoms. The minimum Gasteiger partial charge on any atom is -0.507 e. The summed E-state index contributed by atoms with van der Waals surface area (Å²) >= 11 is 3.28. The summed E-state index contributed by atoms with van der Waals surface area (Å²) in [6, 6.07) is 4.89. The lowest BCUT2D eigenvalue weighted by Crippen LogP contribution is -1.90. The Morgan fingerprint density at radius 3 is 2.89 bits per heavy atom. The Morgan fingerprint density at radius 1 is 1.47 bits per heavy atom. The van der Waals surface area contributed by atoms with Crippen LogP contribution in [0.5, 0.6) is 5.75 Å². The van der Waals surface area contributed by atoms with E-state index >= 15 is 0 Å². The molecule has 0 unspecified atom stereocenters. The molecule has 0 amide bonds. The second-order valence-electron chi connectivity index (χ2n) is 3.77. The topological polar surface area (TPSA) is 89.4 Å². The summed E-state index contributed by atoms with van der Waals surface area (Å²) < 4.78 is 5.66. The van der Waals surface area contributed by atoms with Crippen LogP contribution in [0.3, 0.4) is 0 Å². The Hall–Kier alpha value is -2.15. The van der Waals surface area contributed by atoms with Crippen molar-refractivity contribution < 1.29 is 14.6 Å². The van der Waals surface area contributed by atoms with E-state index in [1.54, 1.807) is 12.1 Å². The van der Waals surface area contributed by atoms with E-state index in [0.717, 1.165) is 4.47 Å². The fourth-order valence-corrected chi connectivity index (χ4v) is 1.92. The lowest BCUT2D eigenvalue weighted by molar-refractivity contribution is -0.386. The first-order valence-corrected chi connectivity index (χ1v) is 6.05. The summed E-state index contributed by atoms with van der Waals surface area (Å²) in [5.74, 6) is 0.111. The normalized spacial score (nSPS) is 11.1. The third-order valence-electron chi connectivity index (χ3n) is 2.44. The largest absolute Gasteiger partial charge is 0.507 e. The maximum atomic E-state index is 10.9. The third kappa shape index (κ3) is 2.82. The van der Waals surface area contributed by atoms with Gasteiger partial charge in [0, 0.05) is 10.0 Å². The lowest BCUT2D eigenvalue weighted by Gasteiger charge is -1.98. The number of benzene rings is 1. The van der Waals surface area contributed by atoms with Crippen LogP contribution in [0.2, 0.25) is 0 Å². The molecule has 0 aliphatic heterocycles. The average molecular weight is 325 g/mol. The molecule has 0 bridgehead atoms. The second-order valence-corrected chi connectivity index (χ2v) is 4.69. The van der Waals surface area contributed by atoms with Gasteiger partial charge >= 0.3 is 5.69 Å². The van der Waals surface area contributed by atoms with Gasteiger partial charge in [-0.1, -0.05) is 21.1 Å². The van der Waals surface area contributed by atoms with Gasteiger partial charge in [-0.05, 0) is 37.3 Å². The SMILES string of the molecule is Cc1noc(/C=C/c2cc(Br)ccc2O)c1[N+](=O)[O-]. The zero-order valence-corrected chi connectivity index (χ0v) is 11.4. The molecule has 1 aromatic carbocycles. The van der Waals surface area contributed by atoms with Gasteiger partial charge in [-0.3, -0.25) is 10.1 Å². The first-order valence-electron chi connectivity index (χ1n) is 5.26. The van der Waals surface area contributed by atoms with E-state index in [-0.39, 0.29) is 22.9 Å². The molecule has 2 aromatic rings. The Morgan fingerprint density at radius 2 is 2.21 bits per heavy atom. The van der Waals surface area contributed by atoms with Crippen LogP contribution in [0.25, 0.3) is 12.2 Å². The maximum Gasteiger partial charge on any atom is 0.338 e. The summed E-state index contributed by atoms with van der Waals surface area (Å²) in [5.41, 5.74) is 0.548. The van der Waals surface area contributed by atoms with Crippen molar-refractivity contribution in [2.75, 3.05) is 0 Å². The average Bonchev–Trinajstić information content (AvgIpc) is 2.72. The predicted octanol–water partition coefficient (Wildman–Crippen LogP) is 3.53. The fourth-order valence-electron chi connectivity index (χ4n) is 1.54. The van der Waals surface area contributed by atoms with Crippen LogP contribution in [0, 0.1) is 17.0 Å². The molecule has 0 atom stereocenters. The molecule has 0 radical (unpaired) electrons. The number of nitrogens with zero attached hydrogens (tertiary/aromatic N) is 2. The molecular formula is C12H9BrN2O4. The van der Waals surface area contributed by atoms with Crippen molar-refractivity contribution in [1.82, 2.24) is 5.16 Å². The lowest BCUT2D eigenvalue weighted by atomic mass is 10.1. The number of hydrogen-bond acceptors (Lipinski definition) is 5. The highest BCUT2D eigenvalue weighted by atomic mass is 79.9. The molecule has 0 aliphatic rings. The van der Waals surface area contributed by atoms with E-state index in [9.17, 15) is 15.2 Å². The van der Waals surface area contributed by atoms with Crippen molar-refractivity contribution in [2.45, 2.75) is 6.92 Å². The van der Waals surface area contributed by atoms with E-state index in [4.69, 9.17) is 4.52 Å². The molecule has 0 fully saturated rings. The molecule has 19 heavy (non-hydrogen) atoms. The van der Waals surface area contributed by atoms with E-state index in [1.165, 1.54) is 25.1 Å². The van der Waals surface area contributed by atoms with Crippen LogP contribution < -0.4 is 0 Å². The first kappa shape index (κ1) is 13.3. The molecule has 0 saturated carbocycles. The standard InChI is InChI=1S/C12H9BrN2O4/c1-7-12(15(17)18)11(19-14-7)5-2-8-6-9(13)3-4-10(8)16/h2-6,16H,1H3/b5-2+. The molecule has 0 saturated heterocycles. The minimum atomic E-state index is -0.549. The van der Waals surface area contributed by atoms with Gasteiger partial charge in [-0.15, -0.1) is 0 Å². The van der Waals surface area contributed by atoms with Crippen molar-refractivity contribution in [3.8, 4) is 5.75 Å². The van der Waals surface area contributed by atoms with Gasteiger partial charge in [0.1, 0.15) is 5.75 Å². The number of aromatic nitrogens is 1. The van der Waals surface area contributed by atoms with Crippen LogP contribution in [-0.4, -0.2) is 15.2 Å². The smallest absolute Gasteiger partial charge is 0.338 e. The zero-order chi connectivity index (χ0) is 14.0. The molecule has 0 aliphatic carbocycles. The zero-order valence-electron chi connectivity index (χ0n) is 9.83. The predicted molar refractivity (Wildman–Crippen MR) is 72.6 cm³/mol. The highest BCUT2D eigenvalue weighted by Gasteiger charge is 2.21. The monoisotopic (exact) mass is 324 g/mol. The number of nitro groups is 1. The van der Waals surface area contributed by atoms with Crippen molar-refractivity contribution in [3.05, 3.63) is 49.8 Å².